The fraction of sp³-hybridized carbons (Fsp3) is 0.917. The third-order valence-corrected chi connectivity index (χ3v) is 2.85. The third-order valence-electron chi connectivity index (χ3n) is 2.85. The van der Waals surface area contributed by atoms with Gasteiger partial charge >= 0.3 is 0 Å². The molecule has 0 radical (unpaired) electrons. The molecule has 4 nitrogen and oxygen atoms in total. The minimum Gasteiger partial charge on any atom is -0.372 e. The molecule has 1 amide bonds. The van der Waals surface area contributed by atoms with E-state index in [2.05, 4.69) is 5.32 Å². The fourth-order valence-electron chi connectivity index (χ4n) is 2.22. The van der Waals surface area contributed by atoms with Crippen LogP contribution in [0, 0.1) is 0 Å². The first-order valence-corrected chi connectivity index (χ1v) is 5.84. The summed E-state index contributed by atoms with van der Waals surface area (Å²) in [4.78, 5) is 11.6. The molecule has 0 saturated carbocycles. The van der Waals surface area contributed by atoms with Crippen LogP contribution in [-0.2, 0) is 14.3 Å². The molecule has 94 valence electrons. The molecule has 0 aliphatic carbocycles. The molecule has 1 atom stereocenters. The molecule has 0 aromatic rings. The highest BCUT2D eigenvalue weighted by molar-refractivity contribution is 5.77. The molecule has 1 aliphatic rings. The topological polar surface area (TPSA) is 47.6 Å². The molecule has 1 aliphatic heterocycles. The first kappa shape index (κ1) is 13.5. The van der Waals surface area contributed by atoms with E-state index in [-0.39, 0.29) is 29.8 Å². The summed E-state index contributed by atoms with van der Waals surface area (Å²) in [5, 5.41) is 2.97. The number of hydrogen-bond acceptors (Lipinski definition) is 3. The molecule has 1 unspecified atom stereocenters. The van der Waals surface area contributed by atoms with Crippen LogP contribution in [0.5, 0.6) is 0 Å². The van der Waals surface area contributed by atoms with Gasteiger partial charge in [-0.25, -0.2) is 0 Å². The quantitative estimate of drug-likeness (QED) is 0.794. The number of carbonyl (C=O) groups is 1. The van der Waals surface area contributed by atoms with Crippen molar-refractivity contribution in [3.8, 4) is 0 Å². The molecular formula is C12H23NO3. The first-order valence-electron chi connectivity index (χ1n) is 5.84. The summed E-state index contributed by atoms with van der Waals surface area (Å²) in [6.45, 7) is 10.7. The standard InChI is InChI=1S/C12H23NO3/c1-6-15-8-10(14)13-9-7-11(2,3)16-12(9,4)5/h9H,6-8H2,1-5H3,(H,13,14). The van der Waals surface area contributed by atoms with E-state index in [1.807, 2.05) is 34.6 Å². The molecule has 16 heavy (non-hydrogen) atoms. The number of hydrogen-bond donors (Lipinski definition) is 1. The predicted octanol–water partition coefficient (Wildman–Crippen LogP) is 1.49. The molecule has 1 heterocycles. The van der Waals surface area contributed by atoms with Crippen LogP contribution in [0.4, 0.5) is 0 Å². The molecule has 0 aromatic carbocycles. The number of ether oxygens (including phenoxy) is 2. The molecule has 1 N–H and O–H groups in total. The van der Waals surface area contributed by atoms with Gasteiger partial charge in [-0.05, 0) is 41.0 Å². The minimum absolute atomic E-state index is 0.0513. The number of rotatable bonds is 4. The average Bonchev–Trinajstić information content (AvgIpc) is 2.31. The van der Waals surface area contributed by atoms with Gasteiger partial charge in [0.05, 0.1) is 17.2 Å². The van der Waals surface area contributed by atoms with Crippen molar-refractivity contribution in [2.75, 3.05) is 13.2 Å². The number of amides is 1. The second-order valence-corrected chi connectivity index (χ2v) is 5.43. The summed E-state index contributed by atoms with van der Waals surface area (Å²) in [7, 11) is 0. The second-order valence-electron chi connectivity index (χ2n) is 5.43. The Labute approximate surface area is 97.7 Å². The van der Waals surface area contributed by atoms with Gasteiger partial charge < -0.3 is 14.8 Å². The smallest absolute Gasteiger partial charge is 0.246 e. The molecule has 1 rings (SSSR count). The lowest BCUT2D eigenvalue weighted by molar-refractivity contribution is -0.128. The highest BCUT2D eigenvalue weighted by Gasteiger charge is 2.46. The Morgan fingerprint density at radius 2 is 2.06 bits per heavy atom. The van der Waals surface area contributed by atoms with E-state index in [0.29, 0.717) is 6.61 Å². The third kappa shape index (κ3) is 3.46. The van der Waals surface area contributed by atoms with Crippen LogP contribution in [0.15, 0.2) is 0 Å². The molecule has 0 spiro atoms. The summed E-state index contributed by atoms with van der Waals surface area (Å²) in [5.74, 6) is -0.0683. The van der Waals surface area contributed by atoms with E-state index >= 15 is 0 Å². The molecule has 1 saturated heterocycles. The zero-order valence-electron chi connectivity index (χ0n) is 10.9. The van der Waals surface area contributed by atoms with Crippen LogP contribution >= 0.6 is 0 Å². The van der Waals surface area contributed by atoms with E-state index in [9.17, 15) is 4.79 Å². The summed E-state index contributed by atoms with van der Waals surface area (Å²) in [6, 6.07) is 0.0513. The van der Waals surface area contributed by atoms with E-state index in [4.69, 9.17) is 9.47 Å². The SMILES string of the molecule is CCOCC(=O)NC1CC(C)(C)OC1(C)C. The van der Waals surface area contributed by atoms with Crippen molar-refractivity contribution < 1.29 is 14.3 Å². The molecule has 0 aromatic heterocycles. The van der Waals surface area contributed by atoms with Crippen molar-refractivity contribution >= 4 is 5.91 Å². The number of nitrogens with one attached hydrogen (secondary N) is 1. The summed E-state index contributed by atoms with van der Waals surface area (Å²) >= 11 is 0. The Balaban J connectivity index is 2.51. The maximum atomic E-state index is 11.6. The van der Waals surface area contributed by atoms with Gasteiger partial charge in [-0.2, -0.15) is 0 Å². The Kier molecular flexibility index (Phi) is 3.97. The van der Waals surface area contributed by atoms with Crippen molar-refractivity contribution in [2.45, 2.75) is 58.3 Å². The number of carbonyl (C=O) groups excluding carboxylic acids is 1. The van der Waals surface area contributed by atoms with Crippen molar-refractivity contribution in [3.05, 3.63) is 0 Å². The first-order chi connectivity index (χ1) is 7.27. The summed E-state index contributed by atoms with van der Waals surface area (Å²) < 4.78 is 11.0. The highest BCUT2D eigenvalue weighted by Crippen LogP contribution is 2.37. The van der Waals surface area contributed by atoms with Crippen molar-refractivity contribution in [2.24, 2.45) is 0 Å². The predicted molar refractivity (Wildman–Crippen MR) is 62.3 cm³/mol. The van der Waals surface area contributed by atoms with Gasteiger partial charge in [0.25, 0.3) is 0 Å². The van der Waals surface area contributed by atoms with Crippen molar-refractivity contribution in [1.82, 2.24) is 5.32 Å². The summed E-state index contributed by atoms with van der Waals surface area (Å²) in [5.41, 5.74) is -0.488. The van der Waals surface area contributed by atoms with Crippen LogP contribution in [0.25, 0.3) is 0 Å². The van der Waals surface area contributed by atoms with Gasteiger partial charge in [0.15, 0.2) is 0 Å². The van der Waals surface area contributed by atoms with E-state index in [1.54, 1.807) is 0 Å². The van der Waals surface area contributed by atoms with Gasteiger partial charge in [-0.1, -0.05) is 0 Å². The molecule has 4 heteroatoms. The largest absolute Gasteiger partial charge is 0.372 e. The minimum atomic E-state index is -0.314. The molecule has 1 fully saturated rings. The normalized spacial score (nSPS) is 26.7. The maximum Gasteiger partial charge on any atom is 0.246 e. The van der Waals surface area contributed by atoms with Gasteiger partial charge in [0.2, 0.25) is 5.91 Å². The lowest BCUT2D eigenvalue weighted by atomic mass is 9.94. The molecule has 0 bridgehead atoms. The van der Waals surface area contributed by atoms with Crippen LogP contribution in [-0.4, -0.2) is 36.4 Å². The Morgan fingerprint density at radius 3 is 2.50 bits per heavy atom. The lowest BCUT2D eigenvalue weighted by Crippen LogP contribution is -2.47. The van der Waals surface area contributed by atoms with Crippen molar-refractivity contribution in [3.63, 3.8) is 0 Å². The van der Waals surface area contributed by atoms with Crippen LogP contribution < -0.4 is 5.32 Å². The van der Waals surface area contributed by atoms with Crippen LogP contribution in [0.3, 0.4) is 0 Å². The van der Waals surface area contributed by atoms with E-state index in [1.165, 1.54) is 0 Å². The summed E-state index contributed by atoms with van der Waals surface area (Å²) in [6.07, 6.45) is 0.831. The zero-order valence-corrected chi connectivity index (χ0v) is 10.9. The lowest BCUT2D eigenvalue weighted by Gasteiger charge is -2.27. The van der Waals surface area contributed by atoms with Gasteiger partial charge in [-0.15, -0.1) is 0 Å². The van der Waals surface area contributed by atoms with Crippen LogP contribution in [0.1, 0.15) is 41.0 Å². The molecular weight excluding hydrogens is 206 g/mol. The van der Waals surface area contributed by atoms with Gasteiger partial charge in [0, 0.05) is 6.61 Å². The van der Waals surface area contributed by atoms with E-state index < -0.39 is 0 Å². The Morgan fingerprint density at radius 1 is 1.44 bits per heavy atom. The highest BCUT2D eigenvalue weighted by atomic mass is 16.5. The van der Waals surface area contributed by atoms with Gasteiger partial charge in [-0.3, -0.25) is 4.79 Å². The zero-order chi connectivity index (χ0) is 12.4. The van der Waals surface area contributed by atoms with Gasteiger partial charge in [0.1, 0.15) is 6.61 Å². The second kappa shape index (κ2) is 4.72. The fourth-order valence-corrected chi connectivity index (χ4v) is 2.22. The monoisotopic (exact) mass is 229 g/mol. The Bertz CT molecular complexity index is 261. The maximum absolute atomic E-state index is 11.6. The average molecular weight is 229 g/mol. The van der Waals surface area contributed by atoms with Crippen molar-refractivity contribution in [1.29, 1.82) is 0 Å². The van der Waals surface area contributed by atoms with E-state index in [0.717, 1.165) is 6.42 Å². The Hall–Kier alpha value is -0.610. The van der Waals surface area contributed by atoms with Crippen LogP contribution in [0.2, 0.25) is 0 Å².